The van der Waals surface area contributed by atoms with Crippen LogP contribution in [0.2, 0.25) is 0 Å². The third-order valence-corrected chi connectivity index (χ3v) is 19.9. The summed E-state index contributed by atoms with van der Waals surface area (Å²) in [5, 5.41) is 89.7. The number of carbonyl (C=O) groups excluding carboxylic acids is 2. The zero-order valence-electron chi connectivity index (χ0n) is 59.1. The molecule has 2 aliphatic rings. The van der Waals surface area contributed by atoms with Crippen molar-refractivity contribution < 1.29 is 74.1 Å². The molecule has 0 bridgehead atoms. The van der Waals surface area contributed by atoms with Crippen LogP contribution in [-0.2, 0) is 33.3 Å². The van der Waals surface area contributed by atoms with Gasteiger partial charge >= 0.3 is 11.9 Å². The first-order valence-electron chi connectivity index (χ1n) is 39.1. The maximum Gasteiger partial charge on any atom is 0.311 e. The van der Waals surface area contributed by atoms with E-state index in [4.69, 9.17) is 23.7 Å². The lowest BCUT2D eigenvalue weighted by Crippen LogP contribution is -2.64. The predicted octanol–water partition coefficient (Wildman–Crippen LogP) is 16.8. The van der Waals surface area contributed by atoms with Crippen LogP contribution >= 0.6 is 0 Å². The lowest BCUT2D eigenvalue weighted by Gasteiger charge is -2.44. The van der Waals surface area contributed by atoms with Gasteiger partial charge in [-0.2, -0.15) is 0 Å². The van der Waals surface area contributed by atoms with E-state index >= 15 is 0 Å². The van der Waals surface area contributed by atoms with Gasteiger partial charge in [-0.3, -0.25) is 9.59 Å². The van der Waals surface area contributed by atoms with Gasteiger partial charge in [0.25, 0.3) is 0 Å². The van der Waals surface area contributed by atoms with Gasteiger partial charge in [-0.25, -0.2) is 0 Å². The maximum atomic E-state index is 14.0. The van der Waals surface area contributed by atoms with Crippen molar-refractivity contribution in [2.45, 2.75) is 448 Å². The second kappa shape index (κ2) is 58.6. The van der Waals surface area contributed by atoms with Gasteiger partial charge in [0.2, 0.25) is 0 Å². The molecule has 0 spiro atoms. The molecule has 15 nitrogen and oxygen atoms in total. The van der Waals surface area contributed by atoms with Crippen LogP contribution in [-0.4, -0.2) is 140 Å². The zero-order valence-corrected chi connectivity index (χ0v) is 59.1. The number of aliphatic hydroxyl groups excluding tert-OH is 8. The number of esters is 2. The van der Waals surface area contributed by atoms with Gasteiger partial charge in [0.15, 0.2) is 12.6 Å². The largest absolute Gasteiger partial charge is 0.463 e. The van der Waals surface area contributed by atoms with E-state index in [9.17, 15) is 50.4 Å². The van der Waals surface area contributed by atoms with E-state index in [-0.39, 0.29) is 0 Å². The second-order valence-corrected chi connectivity index (χ2v) is 28.2. The highest BCUT2D eigenvalue weighted by molar-refractivity contribution is 5.73. The Hall–Kier alpha value is -1.50. The standard InChI is InChI=1S/C76H146O15/c1-5-9-13-17-21-25-29-33-37-41-45-49-53-57-63(77)61(55-51-47-43-39-35-31-27-23-19-15-11-7-3)73(85)87-59-65-67(79)69(81)71(83)75(89-65)91-76-72(84)70(82)68(80)66(90-76)60-88-74(86)62(56-52-48-44-40-36-32-28-24-20-16-12-8-4)64(78)58-54-50-46-42-38-34-30-26-22-18-14-10-6-2/h61-72,75-84H,5-60H2,1-4H3/t61?,62?,63?,64?,65?,66?,67-,68-,69+,70+,71?,72?,75-,76-/m1/s1. The van der Waals surface area contributed by atoms with Crippen molar-refractivity contribution in [3.8, 4) is 0 Å². The van der Waals surface area contributed by atoms with Crippen molar-refractivity contribution >= 4 is 11.9 Å². The summed E-state index contributed by atoms with van der Waals surface area (Å²) in [5.74, 6) is -2.93. The quantitative estimate of drug-likeness (QED) is 0.0209. The number of rotatable bonds is 64. The second-order valence-electron chi connectivity index (χ2n) is 28.2. The zero-order chi connectivity index (χ0) is 66.4. The molecule has 15 heteroatoms. The number of hydrogen-bond donors (Lipinski definition) is 8. The van der Waals surface area contributed by atoms with Crippen LogP contribution < -0.4 is 0 Å². The summed E-state index contributed by atoms with van der Waals surface area (Å²) in [7, 11) is 0. The van der Waals surface area contributed by atoms with Gasteiger partial charge in [0.1, 0.15) is 62.0 Å². The normalized spacial score (nSPS) is 23.3. The third kappa shape index (κ3) is 41.4. The number of ether oxygens (including phenoxy) is 5. The third-order valence-electron chi connectivity index (χ3n) is 19.9. The van der Waals surface area contributed by atoms with Crippen LogP contribution in [0.3, 0.4) is 0 Å². The van der Waals surface area contributed by atoms with Crippen LogP contribution in [0.5, 0.6) is 0 Å². The summed E-state index contributed by atoms with van der Waals surface area (Å²) in [4.78, 5) is 27.9. The molecule has 8 N–H and O–H groups in total. The SMILES string of the molecule is CCCCCCCCCCCCCCCC(O)C(CCCCCCCCCCCCCC)C(=O)OCC1O[C@H](O[C@H]2OC(COC(=O)C(CCCCCCCCCCCCCC)C(O)CCCCCCCCCCCCCCC)[C@@H](O)[C@H](O)C2O)C(O)[C@@H](O)[C@@H]1O. The molecule has 2 aliphatic heterocycles. The minimum absolute atomic E-state index is 0.429. The molecule has 0 aromatic rings. The molecular weight excluding hydrogens is 1150 g/mol. The summed E-state index contributed by atoms with van der Waals surface area (Å²) in [6.07, 6.45) is 41.7. The van der Waals surface area contributed by atoms with E-state index in [1.54, 1.807) is 0 Å². The molecule has 540 valence electrons. The van der Waals surface area contributed by atoms with Gasteiger partial charge in [-0.05, 0) is 25.7 Å². The van der Waals surface area contributed by atoms with E-state index in [0.29, 0.717) is 25.7 Å². The molecule has 8 unspecified atom stereocenters. The Balaban J connectivity index is 2.03. The number of unbranched alkanes of at least 4 members (excludes halogenated alkanes) is 46. The Bertz CT molecular complexity index is 1510. The lowest BCUT2D eigenvalue weighted by atomic mass is 9.91. The Labute approximate surface area is 556 Å². The topological polar surface area (TPSA) is 242 Å². The molecule has 91 heavy (non-hydrogen) atoms. The van der Waals surface area contributed by atoms with Crippen LogP contribution in [0.4, 0.5) is 0 Å². The average Bonchev–Trinajstić information content (AvgIpc) is 1.06. The Morgan fingerprint density at radius 3 is 0.703 bits per heavy atom. The van der Waals surface area contributed by atoms with Crippen LogP contribution in [0.15, 0.2) is 0 Å². The molecule has 2 fully saturated rings. The smallest absolute Gasteiger partial charge is 0.311 e. The van der Waals surface area contributed by atoms with Crippen molar-refractivity contribution in [3.63, 3.8) is 0 Å². The summed E-state index contributed by atoms with van der Waals surface area (Å²) in [6.45, 7) is 7.86. The summed E-state index contributed by atoms with van der Waals surface area (Å²) < 4.78 is 29.3. The minimum atomic E-state index is -1.89. The predicted molar refractivity (Wildman–Crippen MR) is 367 cm³/mol. The maximum absolute atomic E-state index is 14.0. The van der Waals surface area contributed by atoms with Crippen LogP contribution in [0, 0.1) is 11.8 Å². The summed E-state index contributed by atoms with van der Waals surface area (Å²) >= 11 is 0. The van der Waals surface area contributed by atoms with Gasteiger partial charge in [0.05, 0.1) is 24.0 Å². The number of carbonyl (C=O) groups is 2. The van der Waals surface area contributed by atoms with E-state index in [2.05, 4.69) is 27.7 Å². The fourth-order valence-corrected chi connectivity index (χ4v) is 13.5. The first-order valence-corrected chi connectivity index (χ1v) is 39.1. The van der Waals surface area contributed by atoms with Crippen molar-refractivity contribution in [1.82, 2.24) is 0 Å². The van der Waals surface area contributed by atoms with Gasteiger partial charge in [-0.1, -0.05) is 349 Å². The first kappa shape index (κ1) is 85.6. The lowest BCUT2D eigenvalue weighted by molar-refractivity contribution is -0.376. The molecule has 2 heterocycles. The molecular formula is C76H146O15. The Kier molecular flexibility index (Phi) is 55.1. The average molecular weight is 1300 g/mol. The molecule has 2 rings (SSSR count). The van der Waals surface area contributed by atoms with Crippen molar-refractivity contribution in [2.75, 3.05) is 13.2 Å². The molecule has 14 atom stereocenters. The van der Waals surface area contributed by atoms with Gasteiger partial charge in [-0.15, -0.1) is 0 Å². The van der Waals surface area contributed by atoms with E-state index in [1.807, 2.05) is 0 Å². The Morgan fingerprint density at radius 2 is 0.484 bits per heavy atom. The first-order chi connectivity index (χ1) is 44.3. The van der Waals surface area contributed by atoms with Crippen LogP contribution in [0.1, 0.15) is 374 Å². The Morgan fingerprint density at radius 1 is 0.286 bits per heavy atom. The van der Waals surface area contributed by atoms with Crippen molar-refractivity contribution in [3.05, 3.63) is 0 Å². The van der Waals surface area contributed by atoms with Crippen LogP contribution in [0.25, 0.3) is 0 Å². The molecule has 2 saturated heterocycles. The number of aliphatic hydroxyl groups is 8. The van der Waals surface area contributed by atoms with Gasteiger partial charge in [0, 0.05) is 0 Å². The monoisotopic (exact) mass is 1300 g/mol. The van der Waals surface area contributed by atoms with E-state index < -0.39 is 111 Å². The number of hydrogen-bond acceptors (Lipinski definition) is 15. The molecule has 0 aliphatic carbocycles. The summed E-state index contributed by atoms with van der Waals surface area (Å²) in [5.41, 5.74) is 0. The fourth-order valence-electron chi connectivity index (χ4n) is 13.5. The molecule has 0 amide bonds. The van der Waals surface area contributed by atoms with Gasteiger partial charge < -0.3 is 64.5 Å². The summed E-state index contributed by atoms with van der Waals surface area (Å²) in [6, 6.07) is 0. The van der Waals surface area contributed by atoms with E-state index in [0.717, 1.165) is 103 Å². The molecule has 0 aromatic heterocycles. The van der Waals surface area contributed by atoms with Crippen molar-refractivity contribution in [2.24, 2.45) is 11.8 Å². The molecule has 0 aromatic carbocycles. The fraction of sp³-hybridized carbons (Fsp3) is 0.974. The van der Waals surface area contributed by atoms with E-state index in [1.165, 1.54) is 218 Å². The highest BCUT2D eigenvalue weighted by atomic mass is 16.8. The molecule has 0 radical (unpaired) electrons. The van der Waals surface area contributed by atoms with Crippen molar-refractivity contribution in [1.29, 1.82) is 0 Å². The minimum Gasteiger partial charge on any atom is -0.463 e. The highest BCUT2D eigenvalue weighted by Crippen LogP contribution is 2.31. The molecule has 0 saturated carbocycles. The highest BCUT2D eigenvalue weighted by Gasteiger charge is 2.50.